The smallest absolute Gasteiger partial charge is 0.175 e. The van der Waals surface area contributed by atoms with Gasteiger partial charge in [0, 0.05) is 12.8 Å². The van der Waals surface area contributed by atoms with E-state index in [1.165, 1.54) is 0 Å². The van der Waals surface area contributed by atoms with E-state index in [1.807, 2.05) is 6.07 Å². The molecule has 0 aliphatic rings. The summed E-state index contributed by atoms with van der Waals surface area (Å²) in [7, 11) is 0. The number of aromatic nitrogens is 4. The van der Waals surface area contributed by atoms with Crippen LogP contribution in [0, 0.1) is 11.3 Å². The van der Waals surface area contributed by atoms with E-state index in [9.17, 15) is 0 Å². The molecule has 0 aliphatic heterocycles. The molecule has 0 atom stereocenters. The summed E-state index contributed by atoms with van der Waals surface area (Å²) in [5, 5.41) is 21.1. The molecule has 5 heteroatoms. The highest BCUT2D eigenvalue weighted by Gasteiger charge is 1.94. The first kappa shape index (κ1) is 5.69. The van der Waals surface area contributed by atoms with Gasteiger partial charge in [0.05, 0.1) is 6.07 Å². The zero-order chi connectivity index (χ0) is 6.53. The molecule has 0 aliphatic carbocycles. The summed E-state index contributed by atoms with van der Waals surface area (Å²) in [6.45, 7) is 0. The van der Waals surface area contributed by atoms with Crippen LogP contribution in [0.25, 0.3) is 0 Å². The lowest BCUT2D eigenvalue weighted by Crippen LogP contribution is -1.85. The lowest BCUT2D eigenvalue weighted by Gasteiger charge is -1.79. The van der Waals surface area contributed by atoms with Gasteiger partial charge in [-0.05, 0) is 0 Å². The third kappa shape index (κ3) is 1.49. The van der Waals surface area contributed by atoms with E-state index in [0.717, 1.165) is 0 Å². The van der Waals surface area contributed by atoms with E-state index in [-0.39, 0.29) is 0 Å². The van der Waals surface area contributed by atoms with Gasteiger partial charge >= 0.3 is 0 Å². The minimum atomic E-state index is 0.444. The molecule has 9 heavy (non-hydrogen) atoms. The third-order valence-electron chi connectivity index (χ3n) is 0.850. The Hall–Kier alpha value is -1.44. The van der Waals surface area contributed by atoms with Crippen molar-refractivity contribution < 1.29 is 0 Å². The Morgan fingerprint density at radius 2 is 2.56 bits per heavy atom. The van der Waals surface area contributed by atoms with Crippen LogP contribution in [-0.4, -0.2) is 20.6 Å². The number of nitrogens with zero attached hydrogens (tertiary/aromatic N) is 4. The molecule has 1 aromatic rings. The van der Waals surface area contributed by atoms with Gasteiger partial charge in [-0.1, -0.05) is 5.21 Å². The first-order chi connectivity index (χ1) is 4.43. The monoisotopic (exact) mass is 123 g/mol. The molecule has 1 N–H and O–H groups in total. The summed E-state index contributed by atoms with van der Waals surface area (Å²) in [4.78, 5) is 0. The highest BCUT2D eigenvalue weighted by Crippen LogP contribution is 1.88. The molecule has 0 amide bonds. The van der Waals surface area contributed by atoms with E-state index in [1.54, 1.807) is 0 Å². The number of nitriles is 1. The largest absolute Gasteiger partial charge is 0.198 e. The van der Waals surface area contributed by atoms with Crippen LogP contribution in [0.2, 0.25) is 0 Å². The second-order valence-corrected chi connectivity index (χ2v) is 1.49. The summed E-state index contributed by atoms with van der Waals surface area (Å²) in [5.41, 5.74) is 0. The summed E-state index contributed by atoms with van der Waals surface area (Å²) >= 11 is 0. The van der Waals surface area contributed by atoms with Crippen LogP contribution >= 0.6 is 0 Å². The van der Waals surface area contributed by atoms with E-state index in [4.69, 9.17) is 5.26 Å². The first-order valence-electron chi connectivity index (χ1n) is 2.53. The molecule has 0 saturated carbocycles. The SMILES string of the molecule is N#CCCc1nn[nH]n1. The fourth-order valence-electron chi connectivity index (χ4n) is 0.456. The predicted molar refractivity (Wildman–Crippen MR) is 28.1 cm³/mol. The van der Waals surface area contributed by atoms with Gasteiger partial charge in [-0.2, -0.15) is 10.5 Å². The number of nitrogens with one attached hydrogen (secondary N) is 1. The van der Waals surface area contributed by atoms with Crippen molar-refractivity contribution in [1.82, 2.24) is 20.6 Å². The predicted octanol–water partition coefficient (Wildman–Crippen LogP) is -0.344. The van der Waals surface area contributed by atoms with Gasteiger partial charge in [0.25, 0.3) is 0 Å². The maximum absolute atomic E-state index is 8.13. The molecule has 0 aromatic carbocycles. The van der Waals surface area contributed by atoms with Crippen LogP contribution in [0.5, 0.6) is 0 Å². The lowest BCUT2D eigenvalue weighted by molar-refractivity contribution is 0.881. The molecule has 1 heterocycles. The van der Waals surface area contributed by atoms with Crippen molar-refractivity contribution in [2.75, 3.05) is 0 Å². The van der Waals surface area contributed by atoms with Gasteiger partial charge in [0.1, 0.15) is 0 Å². The number of tetrazole rings is 1. The van der Waals surface area contributed by atoms with Gasteiger partial charge in [-0.15, -0.1) is 10.2 Å². The Morgan fingerprint density at radius 1 is 1.67 bits per heavy atom. The Kier molecular flexibility index (Phi) is 1.75. The molecular weight excluding hydrogens is 118 g/mol. The number of hydrogen-bond donors (Lipinski definition) is 1. The fourth-order valence-corrected chi connectivity index (χ4v) is 0.456. The lowest BCUT2D eigenvalue weighted by atomic mass is 10.3. The Balaban J connectivity index is 2.41. The van der Waals surface area contributed by atoms with Crippen molar-refractivity contribution in [3.63, 3.8) is 0 Å². The summed E-state index contributed by atoms with van der Waals surface area (Å²) in [6.07, 6.45) is 1.02. The van der Waals surface area contributed by atoms with Gasteiger partial charge < -0.3 is 0 Å². The minimum Gasteiger partial charge on any atom is -0.198 e. The van der Waals surface area contributed by atoms with Crippen molar-refractivity contribution in [3.05, 3.63) is 5.82 Å². The normalized spacial score (nSPS) is 8.78. The maximum atomic E-state index is 8.13. The van der Waals surface area contributed by atoms with E-state index < -0.39 is 0 Å². The average Bonchev–Trinajstić information content (AvgIpc) is 2.34. The van der Waals surface area contributed by atoms with Crippen molar-refractivity contribution in [2.24, 2.45) is 0 Å². The molecule has 1 rings (SSSR count). The summed E-state index contributed by atoms with van der Waals surface area (Å²) in [5.74, 6) is 0.594. The molecule has 5 nitrogen and oxygen atoms in total. The van der Waals surface area contributed by atoms with E-state index >= 15 is 0 Å². The first-order valence-corrected chi connectivity index (χ1v) is 2.53. The van der Waals surface area contributed by atoms with Crippen molar-refractivity contribution >= 4 is 0 Å². The molecule has 46 valence electrons. The Labute approximate surface area is 51.7 Å². The highest BCUT2D eigenvalue weighted by molar-refractivity contribution is 4.82. The minimum absolute atomic E-state index is 0.444. The molecule has 0 saturated heterocycles. The van der Waals surface area contributed by atoms with Crippen LogP contribution in [0.4, 0.5) is 0 Å². The van der Waals surface area contributed by atoms with Gasteiger partial charge in [0.2, 0.25) is 0 Å². The molecule has 0 bridgehead atoms. The third-order valence-corrected chi connectivity index (χ3v) is 0.850. The highest BCUT2D eigenvalue weighted by atomic mass is 15.5. The van der Waals surface area contributed by atoms with Crippen molar-refractivity contribution in [1.29, 1.82) is 5.26 Å². The van der Waals surface area contributed by atoms with Gasteiger partial charge in [0.15, 0.2) is 5.82 Å². The fraction of sp³-hybridized carbons (Fsp3) is 0.500. The van der Waals surface area contributed by atoms with Crippen LogP contribution in [-0.2, 0) is 6.42 Å². The molecule has 0 unspecified atom stereocenters. The topological polar surface area (TPSA) is 78.2 Å². The molecule has 0 spiro atoms. The summed E-state index contributed by atoms with van der Waals surface area (Å²) in [6, 6.07) is 1.98. The zero-order valence-corrected chi connectivity index (χ0v) is 4.70. The number of aromatic amines is 1. The molecular formula is C4H5N5. The quantitative estimate of drug-likeness (QED) is 0.583. The average molecular weight is 123 g/mol. The number of H-pyrrole nitrogens is 1. The molecule has 0 radical (unpaired) electrons. The number of hydrogen-bond acceptors (Lipinski definition) is 4. The van der Waals surface area contributed by atoms with Crippen LogP contribution in [0.3, 0.4) is 0 Å². The molecule has 0 fully saturated rings. The zero-order valence-electron chi connectivity index (χ0n) is 4.70. The number of rotatable bonds is 2. The van der Waals surface area contributed by atoms with Crippen molar-refractivity contribution in [3.8, 4) is 6.07 Å². The van der Waals surface area contributed by atoms with Crippen LogP contribution in [0.1, 0.15) is 12.2 Å². The summed E-state index contributed by atoms with van der Waals surface area (Å²) < 4.78 is 0. The second-order valence-electron chi connectivity index (χ2n) is 1.49. The van der Waals surface area contributed by atoms with Crippen LogP contribution < -0.4 is 0 Å². The Morgan fingerprint density at radius 3 is 3.11 bits per heavy atom. The van der Waals surface area contributed by atoms with Gasteiger partial charge in [-0.3, -0.25) is 0 Å². The van der Waals surface area contributed by atoms with Gasteiger partial charge in [-0.25, -0.2) is 0 Å². The standard InChI is InChI=1S/C4H5N5/c5-3-1-2-4-6-8-9-7-4/h1-2H2,(H,6,7,8,9). The maximum Gasteiger partial charge on any atom is 0.175 e. The second kappa shape index (κ2) is 2.77. The number of aryl methyl sites for hydroxylation is 1. The Bertz CT molecular complexity index is 195. The van der Waals surface area contributed by atoms with Crippen molar-refractivity contribution in [2.45, 2.75) is 12.8 Å². The van der Waals surface area contributed by atoms with E-state index in [2.05, 4.69) is 20.6 Å². The molecule has 1 aromatic heterocycles. The van der Waals surface area contributed by atoms with E-state index in [0.29, 0.717) is 18.7 Å². The van der Waals surface area contributed by atoms with Crippen LogP contribution in [0.15, 0.2) is 0 Å².